The first-order chi connectivity index (χ1) is 14.8. The van der Waals surface area contributed by atoms with Crippen molar-refractivity contribution in [1.29, 1.82) is 0 Å². The Morgan fingerprint density at radius 3 is 2.33 bits per heavy atom. The van der Waals surface area contributed by atoms with Gasteiger partial charge < -0.3 is 0 Å². The van der Waals surface area contributed by atoms with Gasteiger partial charge >= 0.3 is 0 Å². The van der Waals surface area contributed by atoms with Gasteiger partial charge in [-0.25, -0.2) is 4.98 Å². The summed E-state index contributed by atoms with van der Waals surface area (Å²) in [4.78, 5) is 21.1. The van der Waals surface area contributed by atoms with Crippen LogP contribution in [0.15, 0.2) is 104 Å². The molecule has 0 aliphatic heterocycles. The van der Waals surface area contributed by atoms with Gasteiger partial charge in [-0.2, -0.15) is 0 Å². The van der Waals surface area contributed by atoms with Gasteiger partial charge in [0.2, 0.25) is 0 Å². The lowest BCUT2D eigenvalue weighted by Gasteiger charge is -2.06. The Hall–Kier alpha value is -4.05. The van der Waals surface area contributed by atoms with Crippen LogP contribution in [0.1, 0.15) is 16.1 Å². The van der Waals surface area contributed by atoms with Gasteiger partial charge in [0.15, 0.2) is 5.78 Å². The van der Waals surface area contributed by atoms with Crippen molar-refractivity contribution >= 4 is 11.4 Å². The lowest BCUT2D eigenvalue weighted by atomic mass is 10.0. The fraction of sp³-hybridized carbons (Fsp3) is 0.0385. The maximum Gasteiger partial charge on any atom is 0.185 e. The van der Waals surface area contributed by atoms with Gasteiger partial charge in [0, 0.05) is 24.4 Å². The standard InChI is InChI=1S/C26H19N3O/c30-25(23-8-4-5-14-27-23)16-19-9-11-20(12-10-19)22-13-15-29-24(18-28-26(29)17-22)21-6-2-1-3-7-21/h1-15,17-18H,16H2. The summed E-state index contributed by atoms with van der Waals surface area (Å²) in [6.07, 6.45) is 5.95. The summed E-state index contributed by atoms with van der Waals surface area (Å²) < 4.78 is 2.10. The molecule has 30 heavy (non-hydrogen) atoms. The summed E-state index contributed by atoms with van der Waals surface area (Å²) >= 11 is 0. The molecule has 0 unspecified atom stereocenters. The first kappa shape index (κ1) is 18.0. The van der Waals surface area contributed by atoms with Crippen molar-refractivity contribution in [2.75, 3.05) is 0 Å². The molecule has 0 radical (unpaired) electrons. The highest BCUT2D eigenvalue weighted by molar-refractivity contribution is 5.95. The zero-order valence-corrected chi connectivity index (χ0v) is 16.3. The summed E-state index contributed by atoms with van der Waals surface area (Å²) in [5.74, 6) is 0.0237. The zero-order valence-electron chi connectivity index (χ0n) is 16.3. The first-order valence-corrected chi connectivity index (χ1v) is 9.84. The summed E-state index contributed by atoms with van der Waals surface area (Å²) in [5.41, 5.74) is 6.77. The Morgan fingerprint density at radius 2 is 1.57 bits per heavy atom. The van der Waals surface area contributed by atoms with Gasteiger partial charge in [0.05, 0.1) is 11.9 Å². The second kappa shape index (κ2) is 7.76. The van der Waals surface area contributed by atoms with Crippen LogP contribution in [0.2, 0.25) is 0 Å². The molecule has 3 aromatic heterocycles. The molecule has 0 aliphatic carbocycles. The van der Waals surface area contributed by atoms with Gasteiger partial charge in [0.1, 0.15) is 11.3 Å². The van der Waals surface area contributed by atoms with Crippen molar-refractivity contribution in [1.82, 2.24) is 14.4 Å². The van der Waals surface area contributed by atoms with E-state index in [9.17, 15) is 4.79 Å². The van der Waals surface area contributed by atoms with Crippen molar-refractivity contribution in [3.63, 3.8) is 0 Å². The van der Waals surface area contributed by atoms with E-state index in [1.54, 1.807) is 12.3 Å². The SMILES string of the molecule is O=C(Cc1ccc(-c2ccn3c(-c4ccccc4)cnc3c2)cc1)c1ccccn1. The van der Waals surface area contributed by atoms with Crippen molar-refractivity contribution in [3.8, 4) is 22.4 Å². The molecule has 0 saturated heterocycles. The first-order valence-electron chi connectivity index (χ1n) is 9.84. The number of pyridine rings is 2. The third-order valence-electron chi connectivity index (χ3n) is 5.19. The lowest BCUT2D eigenvalue weighted by molar-refractivity contribution is 0.0988. The summed E-state index contributed by atoms with van der Waals surface area (Å²) in [6.45, 7) is 0. The van der Waals surface area contributed by atoms with Gasteiger partial charge in [-0.3, -0.25) is 14.2 Å². The molecular weight excluding hydrogens is 370 g/mol. The molecule has 5 rings (SSSR count). The maximum atomic E-state index is 12.4. The number of hydrogen-bond acceptors (Lipinski definition) is 3. The van der Waals surface area contributed by atoms with E-state index in [4.69, 9.17) is 0 Å². The largest absolute Gasteiger partial charge is 0.300 e. The lowest BCUT2D eigenvalue weighted by Crippen LogP contribution is -2.05. The van der Waals surface area contributed by atoms with E-state index in [0.29, 0.717) is 12.1 Å². The van der Waals surface area contributed by atoms with Gasteiger partial charge in [-0.15, -0.1) is 0 Å². The Bertz CT molecular complexity index is 1310. The maximum absolute atomic E-state index is 12.4. The van der Waals surface area contributed by atoms with Gasteiger partial charge in [-0.05, 0) is 41.0 Å². The molecule has 4 nitrogen and oxygen atoms in total. The fourth-order valence-corrected chi connectivity index (χ4v) is 3.60. The Labute approximate surface area is 174 Å². The number of imidazole rings is 1. The highest BCUT2D eigenvalue weighted by Gasteiger charge is 2.09. The molecule has 0 atom stereocenters. The molecule has 3 heterocycles. The smallest absolute Gasteiger partial charge is 0.185 e. The van der Waals surface area contributed by atoms with E-state index in [0.717, 1.165) is 33.6 Å². The second-order valence-electron chi connectivity index (χ2n) is 7.16. The summed E-state index contributed by atoms with van der Waals surface area (Å²) in [6, 6.07) is 27.9. The number of carbonyl (C=O) groups is 1. The Morgan fingerprint density at radius 1 is 0.767 bits per heavy atom. The van der Waals surface area contributed by atoms with Crippen molar-refractivity contribution < 1.29 is 4.79 Å². The minimum Gasteiger partial charge on any atom is -0.300 e. The second-order valence-corrected chi connectivity index (χ2v) is 7.16. The van der Waals surface area contributed by atoms with E-state index in [-0.39, 0.29) is 5.78 Å². The molecular formula is C26H19N3O. The molecule has 0 bridgehead atoms. The normalized spacial score (nSPS) is 10.9. The molecule has 5 aromatic rings. The number of fused-ring (bicyclic) bond motifs is 1. The number of nitrogens with zero attached hydrogens (tertiary/aromatic N) is 3. The van der Waals surface area contributed by atoms with Crippen LogP contribution >= 0.6 is 0 Å². The highest BCUT2D eigenvalue weighted by Crippen LogP contribution is 2.25. The average molecular weight is 389 g/mol. The molecule has 4 heteroatoms. The van der Waals surface area contributed by atoms with E-state index >= 15 is 0 Å². The average Bonchev–Trinajstić information content (AvgIpc) is 3.24. The monoisotopic (exact) mass is 389 g/mol. The number of benzene rings is 2. The topological polar surface area (TPSA) is 47.3 Å². The van der Waals surface area contributed by atoms with E-state index in [2.05, 4.69) is 44.8 Å². The van der Waals surface area contributed by atoms with Crippen LogP contribution in [0.4, 0.5) is 0 Å². The predicted octanol–water partition coefficient (Wildman–Crippen LogP) is 5.49. The minimum absolute atomic E-state index is 0.0237. The zero-order chi connectivity index (χ0) is 20.3. The molecule has 0 saturated carbocycles. The van der Waals surface area contributed by atoms with Crippen molar-refractivity contribution in [2.24, 2.45) is 0 Å². The van der Waals surface area contributed by atoms with Crippen LogP contribution in [-0.4, -0.2) is 20.2 Å². The number of carbonyl (C=O) groups excluding carboxylic acids is 1. The Balaban J connectivity index is 1.38. The van der Waals surface area contributed by atoms with Crippen LogP contribution in [-0.2, 0) is 6.42 Å². The number of Topliss-reactive ketones (excluding diaryl/α,β-unsaturated/α-hetero) is 1. The number of ketones is 1. The van der Waals surface area contributed by atoms with Crippen LogP contribution in [0.3, 0.4) is 0 Å². The van der Waals surface area contributed by atoms with Crippen molar-refractivity contribution in [3.05, 3.63) is 115 Å². The van der Waals surface area contributed by atoms with E-state index in [1.807, 2.05) is 60.8 Å². The molecule has 0 N–H and O–H groups in total. The summed E-state index contributed by atoms with van der Waals surface area (Å²) in [5, 5.41) is 0. The Kier molecular flexibility index (Phi) is 4.66. The van der Waals surface area contributed by atoms with Gasteiger partial charge in [0.25, 0.3) is 0 Å². The molecule has 0 amide bonds. The van der Waals surface area contributed by atoms with Crippen LogP contribution in [0.5, 0.6) is 0 Å². The van der Waals surface area contributed by atoms with Crippen LogP contribution in [0, 0.1) is 0 Å². The third-order valence-corrected chi connectivity index (χ3v) is 5.19. The number of rotatable bonds is 5. The quantitative estimate of drug-likeness (QED) is 0.374. The number of hydrogen-bond donors (Lipinski definition) is 0. The molecule has 144 valence electrons. The third kappa shape index (κ3) is 3.51. The highest BCUT2D eigenvalue weighted by atomic mass is 16.1. The van der Waals surface area contributed by atoms with E-state index in [1.165, 1.54) is 0 Å². The van der Waals surface area contributed by atoms with Crippen molar-refractivity contribution in [2.45, 2.75) is 6.42 Å². The summed E-state index contributed by atoms with van der Waals surface area (Å²) in [7, 11) is 0. The molecule has 0 spiro atoms. The van der Waals surface area contributed by atoms with Gasteiger partial charge in [-0.1, -0.05) is 60.7 Å². The fourth-order valence-electron chi connectivity index (χ4n) is 3.60. The minimum atomic E-state index is 0.0237. The molecule has 0 aliphatic rings. The number of aromatic nitrogens is 3. The molecule has 0 fully saturated rings. The molecule has 2 aromatic carbocycles. The predicted molar refractivity (Wildman–Crippen MR) is 118 cm³/mol. The van der Waals surface area contributed by atoms with E-state index < -0.39 is 0 Å². The van der Waals surface area contributed by atoms with Crippen LogP contribution < -0.4 is 0 Å². The van der Waals surface area contributed by atoms with Crippen LogP contribution in [0.25, 0.3) is 28.0 Å².